The molecular weight excluding hydrogens is 422 g/mol. The fourth-order valence-corrected chi connectivity index (χ4v) is 5.36. The van der Waals surface area contributed by atoms with Gasteiger partial charge in [-0.3, -0.25) is 4.79 Å². The van der Waals surface area contributed by atoms with Crippen molar-refractivity contribution < 1.29 is 9.53 Å². The van der Waals surface area contributed by atoms with Gasteiger partial charge >= 0.3 is 0 Å². The number of ketones is 1. The molecule has 1 N–H and O–H groups in total. The molecular formula is C29H29N3O2. The lowest BCUT2D eigenvalue weighted by Gasteiger charge is -2.28. The van der Waals surface area contributed by atoms with Crippen molar-refractivity contribution in [1.29, 1.82) is 0 Å². The standard InChI is InChI=1S/C29H29N3O2/c1-34-25-9-5-8-24-26(25)31-28(23-14-10-21(11-15-23)20-6-3-2-4-7-20)32(24)19-29(16-17-30-18-29)27(33)22-12-13-22/h2-11,14-15,22,30H,12-13,16-19H2,1H3/t29-/m0/s1. The van der Waals surface area contributed by atoms with Crippen LogP contribution in [-0.2, 0) is 11.3 Å². The van der Waals surface area contributed by atoms with E-state index in [0.29, 0.717) is 12.3 Å². The molecule has 2 aliphatic rings. The maximum Gasteiger partial charge on any atom is 0.146 e. The molecule has 0 bridgehead atoms. The number of ether oxygens (including phenoxy) is 1. The molecule has 34 heavy (non-hydrogen) atoms. The monoisotopic (exact) mass is 451 g/mol. The lowest BCUT2D eigenvalue weighted by molar-refractivity contribution is -0.129. The van der Waals surface area contributed by atoms with Gasteiger partial charge in [-0.05, 0) is 49.1 Å². The van der Waals surface area contributed by atoms with Crippen LogP contribution in [-0.4, -0.2) is 35.5 Å². The molecule has 1 saturated carbocycles. The summed E-state index contributed by atoms with van der Waals surface area (Å²) in [6, 6.07) is 25.0. The number of nitrogens with one attached hydrogen (secondary N) is 1. The van der Waals surface area contributed by atoms with Gasteiger partial charge in [0.05, 0.1) is 18.0 Å². The number of rotatable bonds is 7. The average molecular weight is 452 g/mol. The van der Waals surface area contributed by atoms with Crippen molar-refractivity contribution in [2.75, 3.05) is 20.2 Å². The Hall–Kier alpha value is -3.44. The van der Waals surface area contributed by atoms with Crippen LogP contribution in [0.25, 0.3) is 33.5 Å². The summed E-state index contributed by atoms with van der Waals surface area (Å²) in [4.78, 5) is 18.5. The third-order valence-corrected chi connectivity index (χ3v) is 7.39. The Morgan fingerprint density at radius 3 is 2.41 bits per heavy atom. The van der Waals surface area contributed by atoms with Crippen molar-refractivity contribution in [2.45, 2.75) is 25.8 Å². The number of hydrogen-bond donors (Lipinski definition) is 1. The Kier molecular flexibility index (Phi) is 5.22. The molecule has 1 saturated heterocycles. The molecule has 1 aliphatic heterocycles. The van der Waals surface area contributed by atoms with E-state index >= 15 is 0 Å². The fourth-order valence-electron chi connectivity index (χ4n) is 5.36. The second-order valence-corrected chi connectivity index (χ2v) is 9.64. The first-order valence-electron chi connectivity index (χ1n) is 12.1. The molecule has 5 nitrogen and oxygen atoms in total. The molecule has 1 aromatic heterocycles. The zero-order chi connectivity index (χ0) is 23.1. The summed E-state index contributed by atoms with van der Waals surface area (Å²) in [6.45, 7) is 2.25. The topological polar surface area (TPSA) is 56.2 Å². The molecule has 4 aromatic rings. The second kappa shape index (κ2) is 8.41. The predicted molar refractivity (Wildman–Crippen MR) is 135 cm³/mol. The first kappa shape index (κ1) is 21.1. The summed E-state index contributed by atoms with van der Waals surface area (Å²) in [6.07, 6.45) is 2.94. The number of benzene rings is 3. The van der Waals surface area contributed by atoms with Crippen LogP contribution in [0.2, 0.25) is 0 Å². The van der Waals surface area contributed by atoms with Crippen molar-refractivity contribution in [1.82, 2.24) is 14.9 Å². The Balaban J connectivity index is 1.46. The van der Waals surface area contributed by atoms with Crippen LogP contribution < -0.4 is 10.1 Å². The Morgan fingerprint density at radius 2 is 1.74 bits per heavy atom. The molecule has 2 fully saturated rings. The zero-order valence-electron chi connectivity index (χ0n) is 19.5. The number of nitrogens with zero attached hydrogens (tertiary/aromatic N) is 2. The minimum atomic E-state index is -0.378. The zero-order valence-corrected chi connectivity index (χ0v) is 19.5. The van der Waals surface area contributed by atoms with Gasteiger partial charge in [-0.1, -0.05) is 60.7 Å². The molecule has 2 heterocycles. The minimum absolute atomic E-state index is 0.234. The van der Waals surface area contributed by atoms with Crippen LogP contribution in [0.15, 0.2) is 72.8 Å². The van der Waals surface area contributed by atoms with Crippen molar-refractivity contribution in [2.24, 2.45) is 11.3 Å². The van der Waals surface area contributed by atoms with E-state index in [1.54, 1.807) is 7.11 Å². The summed E-state index contributed by atoms with van der Waals surface area (Å²) < 4.78 is 7.90. The number of para-hydroxylation sites is 1. The molecule has 0 radical (unpaired) electrons. The number of hydrogen-bond acceptors (Lipinski definition) is 4. The summed E-state index contributed by atoms with van der Waals surface area (Å²) in [5, 5.41) is 3.47. The van der Waals surface area contributed by atoms with Gasteiger partial charge in [-0.25, -0.2) is 4.98 Å². The molecule has 1 atom stereocenters. The van der Waals surface area contributed by atoms with Gasteiger partial charge in [-0.15, -0.1) is 0 Å². The maximum absolute atomic E-state index is 13.5. The Labute approximate surface area is 199 Å². The van der Waals surface area contributed by atoms with E-state index in [4.69, 9.17) is 9.72 Å². The van der Waals surface area contributed by atoms with Gasteiger partial charge < -0.3 is 14.6 Å². The summed E-state index contributed by atoms with van der Waals surface area (Å²) in [5.41, 5.74) is 4.87. The van der Waals surface area contributed by atoms with E-state index in [1.807, 2.05) is 18.2 Å². The number of carbonyl (C=O) groups is 1. The number of carbonyl (C=O) groups excluding carboxylic acids is 1. The van der Waals surface area contributed by atoms with Crippen LogP contribution in [0.4, 0.5) is 0 Å². The van der Waals surface area contributed by atoms with Gasteiger partial charge in [0.25, 0.3) is 0 Å². The quantitative estimate of drug-likeness (QED) is 0.412. The third kappa shape index (κ3) is 3.61. The van der Waals surface area contributed by atoms with Gasteiger partial charge in [0.2, 0.25) is 0 Å². The van der Waals surface area contributed by atoms with Crippen molar-refractivity contribution in [3.63, 3.8) is 0 Å². The lowest BCUT2D eigenvalue weighted by Crippen LogP contribution is -2.39. The Morgan fingerprint density at radius 1 is 1.00 bits per heavy atom. The van der Waals surface area contributed by atoms with E-state index in [2.05, 4.69) is 64.5 Å². The number of fused-ring (bicyclic) bond motifs is 1. The first-order valence-corrected chi connectivity index (χ1v) is 12.1. The van der Waals surface area contributed by atoms with E-state index < -0.39 is 0 Å². The van der Waals surface area contributed by atoms with E-state index in [1.165, 1.54) is 11.1 Å². The van der Waals surface area contributed by atoms with Crippen molar-refractivity contribution >= 4 is 16.8 Å². The molecule has 3 aromatic carbocycles. The van der Waals surface area contributed by atoms with Gasteiger partial charge in [-0.2, -0.15) is 0 Å². The predicted octanol–water partition coefficient (Wildman–Crippen LogP) is 5.34. The van der Waals surface area contributed by atoms with Gasteiger partial charge in [0, 0.05) is 24.6 Å². The van der Waals surface area contributed by atoms with Crippen molar-refractivity contribution in [3.8, 4) is 28.3 Å². The van der Waals surface area contributed by atoms with E-state index in [9.17, 15) is 4.79 Å². The van der Waals surface area contributed by atoms with E-state index in [-0.39, 0.29) is 11.3 Å². The number of aromatic nitrogens is 2. The molecule has 172 valence electrons. The second-order valence-electron chi connectivity index (χ2n) is 9.64. The third-order valence-electron chi connectivity index (χ3n) is 7.39. The largest absolute Gasteiger partial charge is 0.494 e. The molecule has 1 aliphatic carbocycles. The number of methoxy groups -OCH3 is 1. The molecule has 6 rings (SSSR count). The van der Waals surface area contributed by atoms with Gasteiger partial charge in [0.15, 0.2) is 0 Å². The molecule has 0 spiro atoms. The minimum Gasteiger partial charge on any atom is -0.494 e. The average Bonchev–Trinajstić information content (AvgIpc) is 3.53. The fraction of sp³-hybridized carbons (Fsp3) is 0.310. The lowest BCUT2D eigenvalue weighted by atomic mass is 9.80. The van der Waals surface area contributed by atoms with Crippen LogP contribution in [0.3, 0.4) is 0 Å². The van der Waals surface area contributed by atoms with Crippen molar-refractivity contribution in [3.05, 3.63) is 72.8 Å². The van der Waals surface area contributed by atoms with E-state index in [0.717, 1.165) is 60.5 Å². The molecule has 0 amide bonds. The maximum atomic E-state index is 13.5. The smallest absolute Gasteiger partial charge is 0.146 e. The molecule has 0 unspecified atom stereocenters. The highest BCUT2D eigenvalue weighted by molar-refractivity contribution is 5.90. The Bertz CT molecular complexity index is 1330. The summed E-state index contributed by atoms with van der Waals surface area (Å²) >= 11 is 0. The summed E-state index contributed by atoms with van der Waals surface area (Å²) in [5.74, 6) is 2.30. The molecule has 5 heteroatoms. The van der Waals surface area contributed by atoms with Gasteiger partial charge in [0.1, 0.15) is 22.9 Å². The normalized spacial score (nSPS) is 20.0. The number of imidazole rings is 1. The van der Waals surface area contributed by atoms with Crippen LogP contribution in [0.5, 0.6) is 5.75 Å². The first-order chi connectivity index (χ1) is 16.7. The van der Waals surface area contributed by atoms with Crippen LogP contribution in [0, 0.1) is 11.3 Å². The number of Topliss-reactive ketones (excluding diaryl/α,β-unsaturated/α-hetero) is 1. The highest BCUT2D eigenvalue weighted by atomic mass is 16.5. The van der Waals surface area contributed by atoms with Crippen LogP contribution in [0.1, 0.15) is 19.3 Å². The summed E-state index contributed by atoms with van der Waals surface area (Å²) in [7, 11) is 1.68. The highest BCUT2D eigenvalue weighted by Crippen LogP contribution is 2.43. The van der Waals surface area contributed by atoms with Crippen LogP contribution >= 0.6 is 0 Å². The highest BCUT2D eigenvalue weighted by Gasteiger charge is 2.48. The SMILES string of the molecule is COc1cccc2c1nc(-c1ccc(-c3ccccc3)cc1)n2C[C@]1(C(=O)C2CC2)CCNC1.